The highest BCUT2D eigenvalue weighted by Crippen LogP contribution is 2.35. The Kier molecular flexibility index (Phi) is 6.67. The van der Waals surface area contributed by atoms with Crippen molar-refractivity contribution in [1.82, 2.24) is 9.21 Å². The maximum Gasteiger partial charge on any atom is 0.243 e. The third kappa shape index (κ3) is 4.82. The zero-order valence-corrected chi connectivity index (χ0v) is 19.1. The van der Waals surface area contributed by atoms with E-state index < -0.39 is 10.0 Å². The first kappa shape index (κ1) is 21.6. The molecule has 0 unspecified atom stereocenters. The minimum Gasteiger partial charge on any atom is -0.508 e. The topological polar surface area (TPSA) is 70.1 Å². The van der Waals surface area contributed by atoms with Gasteiger partial charge in [-0.2, -0.15) is 4.31 Å². The first-order chi connectivity index (χ1) is 14.4. The van der Waals surface area contributed by atoms with Crippen molar-refractivity contribution in [3.63, 3.8) is 0 Å². The van der Waals surface area contributed by atoms with Crippen LogP contribution < -0.4 is 4.74 Å². The Labute approximate surface area is 183 Å². The molecule has 164 valence electrons. The quantitative estimate of drug-likeness (QED) is 0.651. The number of phenolic OH excluding ortho intramolecular Hbond substituents is 1. The van der Waals surface area contributed by atoms with E-state index in [4.69, 9.17) is 4.74 Å². The second-order valence-corrected chi connectivity index (χ2v) is 11.2. The average molecular weight is 451 g/mol. The SMILES string of the molecule is Cc1ccc(S(=O)(=O)N2CCc3sc(OCCCN4CCCCC4)cc3C2)cc1O. The van der Waals surface area contributed by atoms with Gasteiger partial charge in [0, 0.05) is 30.6 Å². The van der Waals surface area contributed by atoms with E-state index in [2.05, 4.69) is 4.90 Å². The number of phenols is 1. The van der Waals surface area contributed by atoms with Gasteiger partial charge in [-0.25, -0.2) is 8.42 Å². The maximum absolute atomic E-state index is 13.0. The number of nitrogens with zero attached hydrogens (tertiary/aromatic N) is 2. The van der Waals surface area contributed by atoms with Crippen molar-refractivity contribution in [3.05, 3.63) is 40.3 Å². The third-order valence-electron chi connectivity index (χ3n) is 5.94. The fourth-order valence-electron chi connectivity index (χ4n) is 4.10. The fraction of sp³-hybridized carbons (Fsp3) is 0.545. The molecular formula is C22H30N2O4S2. The number of hydrogen-bond acceptors (Lipinski definition) is 6. The molecule has 2 aliphatic rings. The number of piperidine rings is 1. The van der Waals surface area contributed by atoms with Gasteiger partial charge in [0.05, 0.1) is 11.5 Å². The van der Waals surface area contributed by atoms with Crippen LogP contribution in [-0.4, -0.2) is 55.5 Å². The summed E-state index contributed by atoms with van der Waals surface area (Å²) in [4.78, 5) is 3.86. The van der Waals surface area contributed by atoms with Gasteiger partial charge in [-0.05, 0) is 69.0 Å². The van der Waals surface area contributed by atoms with Crippen molar-refractivity contribution >= 4 is 21.4 Å². The number of rotatable bonds is 7. The molecule has 1 N–H and O–H groups in total. The zero-order chi connectivity index (χ0) is 21.1. The monoisotopic (exact) mass is 450 g/mol. The van der Waals surface area contributed by atoms with Gasteiger partial charge in [-0.3, -0.25) is 0 Å². The Hall–Kier alpha value is -1.61. The number of fused-ring (bicyclic) bond motifs is 1. The molecule has 0 bridgehead atoms. The van der Waals surface area contributed by atoms with Gasteiger partial charge in [0.25, 0.3) is 0 Å². The Morgan fingerprint density at radius 3 is 2.70 bits per heavy atom. The van der Waals surface area contributed by atoms with Crippen molar-refractivity contribution in [2.75, 3.05) is 32.8 Å². The van der Waals surface area contributed by atoms with Gasteiger partial charge in [-0.15, -0.1) is 11.3 Å². The molecule has 30 heavy (non-hydrogen) atoms. The second kappa shape index (κ2) is 9.26. The number of hydrogen-bond donors (Lipinski definition) is 1. The summed E-state index contributed by atoms with van der Waals surface area (Å²) in [5.41, 5.74) is 1.69. The number of sulfonamides is 1. The van der Waals surface area contributed by atoms with Crippen LogP contribution in [0.3, 0.4) is 0 Å². The summed E-state index contributed by atoms with van der Waals surface area (Å²) < 4.78 is 33.5. The number of benzene rings is 1. The van der Waals surface area contributed by atoms with E-state index in [0.717, 1.165) is 23.6 Å². The van der Waals surface area contributed by atoms with Crippen molar-refractivity contribution in [2.45, 2.75) is 50.5 Å². The van der Waals surface area contributed by atoms with Crippen molar-refractivity contribution in [1.29, 1.82) is 0 Å². The Bertz CT molecular complexity index is 981. The minimum atomic E-state index is -3.64. The highest BCUT2D eigenvalue weighted by atomic mass is 32.2. The van der Waals surface area contributed by atoms with Crippen LogP contribution in [0.5, 0.6) is 10.8 Å². The van der Waals surface area contributed by atoms with E-state index in [1.807, 2.05) is 6.07 Å². The largest absolute Gasteiger partial charge is 0.508 e. The molecule has 4 rings (SSSR count). The van der Waals surface area contributed by atoms with E-state index in [1.165, 1.54) is 47.6 Å². The van der Waals surface area contributed by atoms with Gasteiger partial charge in [0.1, 0.15) is 5.75 Å². The maximum atomic E-state index is 13.0. The Morgan fingerprint density at radius 1 is 1.13 bits per heavy atom. The summed E-state index contributed by atoms with van der Waals surface area (Å²) in [6.07, 6.45) is 5.67. The molecule has 1 fully saturated rings. The molecule has 2 aliphatic heterocycles. The number of likely N-dealkylation sites (tertiary alicyclic amines) is 1. The standard InChI is InChI=1S/C22H30N2O4S2/c1-17-6-7-19(15-20(17)25)30(26,27)24-12-8-21-18(16-24)14-22(29-21)28-13-5-11-23-9-3-2-4-10-23/h6-7,14-15,25H,2-5,8-13,16H2,1H3. The van der Waals surface area contributed by atoms with Gasteiger partial charge in [-0.1, -0.05) is 12.5 Å². The Morgan fingerprint density at radius 2 is 1.93 bits per heavy atom. The summed E-state index contributed by atoms with van der Waals surface area (Å²) in [5, 5.41) is 10.8. The highest BCUT2D eigenvalue weighted by Gasteiger charge is 2.30. The van der Waals surface area contributed by atoms with Gasteiger partial charge >= 0.3 is 0 Å². The lowest BCUT2D eigenvalue weighted by molar-refractivity contribution is 0.206. The van der Waals surface area contributed by atoms with Crippen molar-refractivity contribution in [3.8, 4) is 10.8 Å². The number of ether oxygens (including phenoxy) is 1. The van der Waals surface area contributed by atoms with Crippen LogP contribution in [0.15, 0.2) is 29.2 Å². The molecule has 8 heteroatoms. The highest BCUT2D eigenvalue weighted by molar-refractivity contribution is 7.89. The molecule has 0 spiro atoms. The minimum absolute atomic E-state index is 0.00421. The normalized spacial score (nSPS) is 18.3. The van der Waals surface area contributed by atoms with Crippen molar-refractivity contribution < 1.29 is 18.3 Å². The molecule has 0 amide bonds. The lowest BCUT2D eigenvalue weighted by Gasteiger charge is -2.26. The summed E-state index contributed by atoms with van der Waals surface area (Å²) in [7, 11) is -3.64. The van der Waals surface area contributed by atoms with Gasteiger partial charge < -0.3 is 14.7 Å². The molecule has 2 aromatic rings. The molecule has 6 nitrogen and oxygen atoms in total. The predicted molar refractivity (Wildman–Crippen MR) is 119 cm³/mol. The average Bonchev–Trinajstić information content (AvgIpc) is 3.16. The first-order valence-corrected chi connectivity index (χ1v) is 13.0. The molecule has 0 radical (unpaired) electrons. The van der Waals surface area contributed by atoms with Crippen molar-refractivity contribution in [2.24, 2.45) is 0 Å². The first-order valence-electron chi connectivity index (χ1n) is 10.7. The van der Waals surface area contributed by atoms with Gasteiger partial charge in [0.15, 0.2) is 5.06 Å². The molecule has 0 aliphatic carbocycles. The second-order valence-electron chi connectivity index (χ2n) is 8.16. The number of aryl methyl sites for hydroxylation is 1. The summed E-state index contributed by atoms with van der Waals surface area (Å²) >= 11 is 1.64. The van der Waals surface area contributed by atoms with Crippen LogP contribution in [0.1, 0.15) is 41.7 Å². The van der Waals surface area contributed by atoms with Crippen LogP contribution in [0.4, 0.5) is 0 Å². The van der Waals surface area contributed by atoms with E-state index >= 15 is 0 Å². The molecule has 1 aromatic heterocycles. The molecule has 0 saturated carbocycles. The van der Waals surface area contributed by atoms with Crippen LogP contribution in [0.2, 0.25) is 0 Å². The molecule has 0 atom stereocenters. The molecule has 3 heterocycles. The number of thiophene rings is 1. The van der Waals surface area contributed by atoms with Crippen LogP contribution in [0, 0.1) is 6.92 Å². The lowest BCUT2D eigenvalue weighted by atomic mass is 10.1. The van der Waals surface area contributed by atoms with Crippen LogP contribution in [-0.2, 0) is 23.0 Å². The molecule has 1 aromatic carbocycles. The summed E-state index contributed by atoms with van der Waals surface area (Å²) in [5.74, 6) is 0.00421. The van der Waals surface area contributed by atoms with E-state index in [0.29, 0.717) is 31.7 Å². The molecular weight excluding hydrogens is 420 g/mol. The van der Waals surface area contributed by atoms with E-state index in [1.54, 1.807) is 30.4 Å². The summed E-state index contributed by atoms with van der Waals surface area (Å²) in [6, 6.07) is 6.53. The number of aromatic hydroxyl groups is 1. The van der Waals surface area contributed by atoms with E-state index in [9.17, 15) is 13.5 Å². The Balaban J connectivity index is 1.34. The zero-order valence-electron chi connectivity index (χ0n) is 17.5. The van der Waals surface area contributed by atoms with Crippen LogP contribution in [0.25, 0.3) is 0 Å². The predicted octanol–water partition coefficient (Wildman–Crippen LogP) is 3.76. The smallest absolute Gasteiger partial charge is 0.243 e. The molecule has 1 saturated heterocycles. The van der Waals surface area contributed by atoms with E-state index in [-0.39, 0.29) is 10.6 Å². The lowest BCUT2D eigenvalue weighted by Crippen LogP contribution is -2.35. The van der Waals surface area contributed by atoms with Gasteiger partial charge in [0.2, 0.25) is 10.0 Å². The van der Waals surface area contributed by atoms with Crippen LogP contribution >= 0.6 is 11.3 Å². The third-order valence-corrected chi connectivity index (χ3v) is 8.93. The fourth-order valence-corrected chi connectivity index (χ4v) is 6.57. The summed E-state index contributed by atoms with van der Waals surface area (Å²) in [6.45, 7) is 6.73.